The summed E-state index contributed by atoms with van der Waals surface area (Å²) in [5.41, 5.74) is 12.0. The van der Waals surface area contributed by atoms with Gasteiger partial charge in [-0.1, -0.05) is 54.1 Å². The van der Waals surface area contributed by atoms with Gasteiger partial charge < -0.3 is 0 Å². The van der Waals surface area contributed by atoms with E-state index in [4.69, 9.17) is 0 Å². The van der Waals surface area contributed by atoms with Crippen LogP contribution in [0.4, 0.5) is 0 Å². The molecule has 1 aliphatic carbocycles. The van der Waals surface area contributed by atoms with Gasteiger partial charge in [-0.05, 0) is 117 Å². The van der Waals surface area contributed by atoms with E-state index >= 15 is 0 Å². The minimum atomic E-state index is -0.239. The molecular weight excluding hydrogens is 426 g/mol. The maximum absolute atomic E-state index is 10.7. The monoisotopic (exact) mass is 463 g/mol. The lowest BCUT2D eigenvalue weighted by Crippen LogP contribution is -2.06. The van der Waals surface area contributed by atoms with Gasteiger partial charge in [-0.15, -0.1) is 0 Å². The molecule has 0 spiro atoms. The molecule has 0 unspecified atom stereocenters. The number of hydrogen-bond donors (Lipinski definition) is 0. The van der Waals surface area contributed by atoms with Gasteiger partial charge in [0.1, 0.15) is 0 Å². The number of benzene rings is 2. The molecule has 3 rings (SSSR count). The lowest BCUT2D eigenvalue weighted by atomic mass is 9.93. The minimum Gasteiger partial charge on any atom is -0.265 e. The summed E-state index contributed by atoms with van der Waals surface area (Å²) < 4.78 is 0. The molecule has 1 aliphatic rings. The number of hydrogen-bond acceptors (Lipinski definition) is 3. The van der Waals surface area contributed by atoms with E-state index in [0.717, 1.165) is 17.5 Å². The van der Waals surface area contributed by atoms with Gasteiger partial charge >= 0.3 is 0 Å². The molecule has 2 aromatic rings. The molecule has 0 aromatic heterocycles. The second-order valence-electron chi connectivity index (χ2n) is 9.36. The van der Waals surface area contributed by atoms with Gasteiger partial charge in [0.15, 0.2) is 0 Å². The number of rotatable bonds is 8. The zero-order valence-electron chi connectivity index (χ0n) is 20.8. The maximum Gasteiger partial charge on any atom is 0.207 e. The van der Waals surface area contributed by atoms with Crippen molar-refractivity contribution in [1.29, 1.82) is 0 Å². The van der Waals surface area contributed by atoms with Gasteiger partial charge in [0, 0.05) is 16.2 Å². The van der Waals surface area contributed by atoms with Crippen molar-refractivity contribution in [3.8, 4) is 0 Å². The molecule has 33 heavy (non-hydrogen) atoms. The number of nitro groups is 1. The molecule has 0 radical (unpaired) electrons. The first-order valence-corrected chi connectivity index (χ1v) is 13.0. The van der Waals surface area contributed by atoms with Crippen molar-refractivity contribution in [1.82, 2.24) is 0 Å². The smallest absolute Gasteiger partial charge is 0.207 e. The zero-order chi connectivity index (χ0) is 24.0. The predicted molar refractivity (Wildman–Crippen MR) is 143 cm³/mol. The molecule has 0 bridgehead atoms. The Balaban J connectivity index is 1.73. The normalized spacial score (nSPS) is 14.7. The summed E-state index contributed by atoms with van der Waals surface area (Å²) >= 11 is 1.82. The van der Waals surface area contributed by atoms with Crippen LogP contribution < -0.4 is 0 Å². The lowest BCUT2D eigenvalue weighted by Gasteiger charge is -2.16. The molecule has 0 saturated heterocycles. The quantitative estimate of drug-likeness (QED) is 0.227. The van der Waals surface area contributed by atoms with Crippen molar-refractivity contribution < 1.29 is 4.92 Å². The molecule has 0 N–H and O–H groups in total. The number of fused-ring (bicyclic) bond motifs is 1. The van der Waals surface area contributed by atoms with Crippen molar-refractivity contribution in [3.63, 3.8) is 0 Å². The van der Waals surface area contributed by atoms with Crippen molar-refractivity contribution in [2.45, 2.75) is 79.6 Å². The summed E-state index contributed by atoms with van der Waals surface area (Å²) in [5.74, 6) is 0. The van der Waals surface area contributed by atoms with Crippen LogP contribution in [0.2, 0.25) is 0 Å². The first-order chi connectivity index (χ1) is 15.8. The van der Waals surface area contributed by atoms with E-state index in [0.29, 0.717) is 6.42 Å². The molecule has 0 heterocycles. The molecule has 0 amide bonds. The molecule has 4 heteroatoms. The van der Waals surface area contributed by atoms with E-state index in [1.807, 2.05) is 11.8 Å². The summed E-state index contributed by atoms with van der Waals surface area (Å²) in [6.07, 6.45) is 10.0. The number of nitrogens with zero attached hydrogens (tertiary/aromatic N) is 1. The van der Waals surface area contributed by atoms with Crippen LogP contribution in [0.1, 0.15) is 77.6 Å². The summed E-state index contributed by atoms with van der Waals surface area (Å²) in [6, 6.07) is 9.02. The highest BCUT2D eigenvalue weighted by Crippen LogP contribution is 2.36. The average molecular weight is 464 g/mol. The second kappa shape index (κ2) is 11.7. The van der Waals surface area contributed by atoms with Crippen LogP contribution in [0.3, 0.4) is 0 Å². The van der Waals surface area contributed by atoms with Crippen molar-refractivity contribution in [3.05, 3.63) is 95.9 Å². The zero-order valence-corrected chi connectivity index (χ0v) is 21.6. The van der Waals surface area contributed by atoms with Crippen molar-refractivity contribution >= 4 is 16.7 Å². The molecule has 0 atom stereocenters. The van der Waals surface area contributed by atoms with Crippen molar-refractivity contribution in [2.24, 2.45) is 0 Å². The van der Waals surface area contributed by atoms with Gasteiger partial charge in [-0.3, -0.25) is 10.1 Å². The van der Waals surface area contributed by atoms with Crippen LogP contribution in [-0.4, -0.2) is 11.5 Å². The predicted octanol–water partition coefficient (Wildman–Crippen LogP) is 7.94. The number of thioether (sulfide) groups is 1. The lowest BCUT2D eigenvalue weighted by molar-refractivity contribution is -0.479. The first kappa shape index (κ1) is 25.3. The topological polar surface area (TPSA) is 43.1 Å². The van der Waals surface area contributed by atoms with Crippen molar-refractivity contribution in [2.75, 3.05) is 6.54 Å². The third-order valence-electron chi connectivity index (χ3n) is 6.81. The van der Waals surface area contributed by atoms with Gasteiger partial charge in [-0.2, -0.15) is 0 Å². The summed E-state index contributed by atoms with van der Waals surface area (Å²) in [4.78, 5) is 11.8. The molecule has 0 aliphatic heterocycles. The fourth-order valence-electron chi connectivity index (χ4n) is 4.86. The molecule has 2 aromatic carbocycles. The van der Waals surface area contributed by atoms with E-state index in [2.05, 4.69) is 70.4 Å². The molecule has 0 saturated carbocycles. The minimum absolute atomic E-state index is 0.0105. The standard InChI is InChI=1S/C29H37NO2S/c1-6-29(28-13-12-24-10-8-7-9-11-27(24)23(28)5)33-19-20(2)16-26-18-21(3)25(17-22(26)4)14-15-30(31)32/h6,12-13,17-19H,7-11,14-16H2,1-5H3/b20-19+,29-6-. The summed E-state index contributed by atoms with van der Waals surface area (Å²) in [5, 5.41) is 13.0. The molecular formula is C29H37NO2S. The van der Waals surface area contributed by atoms with Crippen LogP contribution in [0.25, 0.3) is 4.91 Å². The Morgan fingerprint density at radius 3 is 2.48 bits per heavy atom. The average Bonchev–Trinajstić information content (AvgIpc) is 3.03. The van der Waals surface area contributed by atoms with Gasteiger partial charge in [0.25, 0.3) is 0 Å². The Kier molecular flexibility index (Phi) is 8.96. The third kappa shape index (κ3) is 6.60. The van der Waals surface area contributed by atoms with Crippen LogP contribution in [0.15, 0.2) is 41.3 Å². The van der Waals surface area contributed by atoms with Crippen LogP contribution in [-0.2, 0) is 25.7 Å². The largest absolute Gasteiger partial charge is 0.265 e. The van der Waals surface area contributed by atoms with E-state index < -0.39 is 0 Å². The van der Waals surface area contributed by atoms with Crippen LogP contribution >= 0.6 is 11.8 Å². The number of aryl methyl sites for hydroxylation is 3. The Morgan fingerprint density at radius 1 is 1.06 bits per heavy atom. The van der Waals surface area contributed by atoms with Gasteiger partial charge in [0.05, 0.1) is 0 Å². The maximum atomic E-state index is 10.7. The van der Waals surface area contributed by atoms with E-state index in [1.54, 1.807) is 11.1 Å². The Bertz CT molecular complexity index is 1080. The van der Waals surface area contributed by atoms with E-state index in [9.17, 15) is 10.1 Å². The third-order valence-corrected chi connectivity index (χ3v) is 8.04. The molecule has 3 nitrogen and oxygen atoms in total. The van der Waals surface area contributed by atoms with Crippen LogP contribution in [0, 0.1) is 30.9 Å². The Labute approximate surface area is 203 Å². The highest BCUT2D eigenvalue weighted by atomic mass is 32.2. The fourth-order valence-corrected chi connectivity index (χ4v) is 5.75. The highest BCUT2D eigenvalue weighted by molar-refractivity contribution is 8.10. The fraction of sp³-hybridized carbons (Fsp3) is 0.448. The number of allylic oxidation sites excluding steroid dienone is 2. The van der Waals surface area contributed by atoms with E-state index in [1.165, 1.54) is 64.8 Å². The second-order valence-corrected chi connectivity index (χ2v) is 10.3. The first-order valence-electron chi connectivity index (χ1n) is 12.1. The molecule has 0 fully saturated rings. The van der Waals surface area contributed by atoms with Crippen LogP contribution in [0.5, 0.6) is 0 Å². The Morgan fingerprint density at radius 2 is 1.76 bits per heavy atom. The molecule has 176 valence electrons. The summed E-state index contributed by atoms with van der Waals surface area (Å²) in [7, 11) is 0. The Hall–Kier alpha value is -2.33. The van der Waals surface area contributed by atoms with Gasteiger partial charge in [-0.25, -0.2) is 0 Å². The van der Waals surface area contributed by atoms with E-state index in [-0.39, 0.29) is 11.5 Å². The summed E-state index contributed by atoms with van der Waals surface area (Å²) in [6.45, 7) is 10.8. The van der Waals surface area contributed by atoms with Gasteiger partial charge in [0.2, 0.25) is 6.54 Å². The SMILES string of the molecule is C/C=C(\S/C=C(\C)Cc1cc(C)c(CC[N+](=O)[O-])cc1C)c1ccc2c(c1C)CCCCC2. The highest BCUT2D eigenvalue weighted by Gasteiger charge is 2.15.